The molecule has 1 aromatic rings. The highest BCUT2D eigenvalue weighted by Crippen LogP contribution is 2.13. The van der Waals surface area contributed by atoms with E-state index < -0.39 is 6.23 Å². The fraction of sp³-hybridized carbons (Fsp3) is 0.650. The first kappa shape index (κ1) is 24.3. The zero-order valence-electron chi connectivity index (χ0n) is 17.1. The van der Waals surface area contributed by atoms with E-state index in [0.29, 0.717) is 50.8 Å². The summed E-state index contributed by atoms with van der Waals surface area (Å²) in [6.45, 7) is 6.33. The molecule has 1 unspecified atom stereocenters. The maximum absolute atomic E-state index is 12.0. The molecule has 0 aromatic heterocycles. The quantitative estimate of drug-likeness (QED) is 0.268. The van der Waals surface area contributed by atoms with Gasteiger partial charge in [0, 0.05) is 25.3 Å². The molecular formula is C20H35N3O5. The van der Waals surface area contributed by atoms with Crippen molar-refractivity contribution >= 4 is 5.91 Å². The predicted octanol–water partition coefficient (Wildman–Crippen LogP) is 1.15. The second kappa shape index (κ2) is 16.3. The van der Waals surface area contributed by atoms with Gasteiger partial charge in [-0.2, -0.15) is 0 Å². The van der Waals surface area contributed by atoms with Crippen molar-refractivity contribution < 1.29 is 23.7 Å². The van der Waals surface area contributed by atoms with Gasteiger partial charge in [-0.05, 0) is 31.7 Å². The molecule has 0 radical (unpaired) electrons. The lowest BCUT2D eigenvalue weighted by Gasteiger charge is -2.15. The Bertz CT molecular complexity index is 530. The largest absolute Gasteiger partial charge is 0.489 e. The van der Waals surface area contributed by atoms with Crippen molar-refractivity contribution in [2.75, 3.05) is 59.8 Å². The molecular weight excluding hydrogens is 362 g/mol. The van der Waals surface area contributed by atoms with E-state index in [1.165, 1.54) is 0 Å². The van der Waals surface area contributed by atoms with Crippen LogP contribution in [0.2, 0.25) is 0 Å². The molecule has 4 N–H and O–H groups in total. The molecule has 1 aromatic carbocycles. The lowest BCUT2D eigenvalue weighted by molar-refractivity contribution is -0.0226. The third-order valence-electron chi connectivity index (χ3n) is 3.74. The Kier molecular flexibility index (Phi) is 14.1. The first-order valence-corrected chi connectivity index (χ1v) is 9.85. The van der Waals surface area contributed by atoms with Crippen LogP contribution in [-0.2, 0) is 14.2 Å². The van der Waals surface area contributed by atoms with E-state index in [9.17, 15) is 4.79 Å². The predicted molar refractivity (Wildman–Crippen MR) is 109 cm³/mol. The van der Waals surface area contributed by atoms with E-state index >= 15 is 0 Å². The van der Waals surface area contributed by atoms with E-state index in [-0.39, 0.29) is 12.5 Å². The van der Waals surface area contributed by atoms with Crippen LogP contribution >= 0.6 is 0 Å². The van der Waals surface area contributed by atoms with Gasteiger partial charge in [0.1, 0.15) is 18.6 Å². The van der Waals surface area contributed by atoms with Crippen molar-refractivity contribution in [1.82, 2.24) is 10.6 Å². The number of amides is 1. The number of rotatable bonds is 17. The first-order chi connectivity index (χ1) is 13.7. The van der Waals surface area contributed by atoms with E-state index in [4.69, 9.17) is 24.7 Å². The number of ether oxygens (including phenoxy) is 4. The molecule has 0 saturated carbocycles. The van der Waals surface area contributed by atoms with Crippen LogP contribution in [0.15, 0.2) is 24.3 Å². The summed E-state index contributed by atoms with van der Waals surface area (Å²) in [5.74, 6) is 0.429. The van der Waals surface area contributed by atoms with Gasteiger partial charge in [0.2, 0.25) is 0 Å². The molecule has 160 valence electrons. The Morgan fingerprint density at radius 3 is 2.61 bits per heavy atom. The summed E-state index contributed by atoms with van der Waals surface area (Å²) in [5.41, 5.74) is 6.42. The summed E-state index contributed by atoms with van der Waals surface area (Å²) in [5, 5.41) is 5.80. The number of carbonyl (C=O) groups excluding carboxylic acids is 1. The van der Waals surface area contributed by atoms with Crippen LogP contribution in [0.25, 0.3) is 0 Å². The molecule has 0 bridgehead atoms. The zero-order valence-corrected chi connectivity index (χ0v) is 17.1. The van der Waals surface area contributed by atoms with Crippen molar-refractivity contribution in [1.29, 1.82) is 0 Å². The highest BCUT2D eigenvalue weighted by molar-refractivity contribution is 5.94. The van der Waals surface area contributed by atoms with E-state index in [0.717, 1.165) is 19.4 Å². The first-order valence-electron chi connectivity index (χ1n) is 9.85. The number of benzene rings is 1. The van der Waals surface area contributed by atoms with Gasteiger partial charge in [-0.15, -0.1) is 0 Å². The highest BCUT2D eigenvalue weighted by atomic mass is 16.6. The molecule has 0 fully saturated rings. The molecule has 1 rings (SSSR count). The Labute approximate surface area is 168 Å². The topological polar surface area (TPSA) is 104 Å². The zero-order chi connectivity index (χ0) is 20.5. The number of hydrogen-bond acceptors (Lipinski definition) is 7. The van der Waals surface area contributed by atoms with Gasteiger partial charge in [-0.25, -0.2) is 0 Å². The normalized spacial score (nSPS) is 12.0. The van der Waals surface area contributed by atoms with Crippen LogP contribution in [-0.4, -0.2) is 71.9 Å². The van der Waals surface area contributed by atoms with Crippen LogP contribution in [0.5, 0.6) is 5.75 Å². The number of carbonyl (C=O) groups is 1. The number of likely N-dealkylation sites (N-methyl/N-ethyl adjacent to an activating group) is 1. The second-order valence-electron chi connectivity index (χ2n) is 6.19. The smallest absolute Gasteiger partial charge is 0.251 e. The molecule has 0 spiro atoms. The van der Waals surface area contributed by atoms with Crippen LogP contribution in [0, 0.1) is 0 Å². The maximum atomic E-state index is 12.0. The molecule has 8 heteroatoms. The SMILES string of the molecule is CCCCOCCOCCOC(N)COc1cccc(C(=O)NCCNC)c1. The fourth-order valence-corrected chi connectivity index (χ4v) is 2.18. The molecule has 0 heterocycles. The van der Waals surface area contributed by atoms with Crippen LogP contribution in [0.1, 0.15) is 30.1 Å². The molecule has 0 aliphatic heterocycles. The lowest BCUT2D eigenvalue weighted by atomic mass is 10.2. The minimum Gasteiger partial charge on any atom is -0.489 e. The van der Waals surface area contributed by atoms with Gasteiger partial charge in [0.25, 0.3) is 5.91 Å². The molecule has 1 atom stereocenters. The molecule has 0 saturated heterocycles. The maximum Gasteiger partial charge on any atom is 0.251 e. The average Bonchev–Trinajstić information content (AvgIpc) is 2.71. The number of hydrogen-bond donors (Lipinski definition) is 3. The van der Waals surface area contributed by atoms with Crippen LogP contribution in [0.3, 0.4) is 0 Å². The van der Waals surface area contributed by atoms with E-state index in [1.54, 1.807) is 24.3 Å². The molecule has 8 nitrogen and oxygen atoms in total. The Balaban J connectivity index is 2.15. The third-order valence-corrected chi connectivity index (χ3v) is 3.74. The standard InChI is InChI=1S/C20H35N3O5/c1-3-4-10-25-11-12-26-13-14-27-19(21)16-28-18-7-5-6-17(15-18)20(24)23-9-8-22-2/h5-7,15,19,22H,3-4,8-14,16,21H2,1-2H3,(H,23,24). The van der Waals surface area contributed by atoms with Crippen molar-refractivity contribution in [3.05, 3.63) is 29.8 Å². The van der Waals surface area contributed by atoms with E-state index in [2.05, 4.69) is 17.6 Å². The van der Waals surface area contributed by atoms with Crippen molar-refractivity contribution in [2.24, 2.45) is 5.73 Å². The number of nitrogens with two attached hydrogens (primary N) is 1. The van der Waals surface area contributed by atoms with Gasteiger partial charge >= 0.3 is 0 Å². The van der Waals surface area contributed by atoms with Gasteiger partial charge in [-0.3, -0.25) is 4.79 Å². The second-order valence-corrected chi connectivity index (χ2v) is 6.19. The Morgan fingerprint density at radius 2 is 1.86 bits per heavy atom. The van der Waals surface area contributed by atoms with Gasteiger partial charge in [-0.1, -0.05) is 19.4 Å². The number of nitrogens with one attached hydrogen (secondary N) is 2. The Morgan fingerprint density at radius 1 is 1.11 bits per heavy atom. The van der Waals surface area contributed by atoms with Crippen LogP contribution in [0.4, 0.5) is 0 Å². The van der Waals surface area contributed by atoms with Crippen LogP contribution < -0.4 is 21.1 Å². The molecule has 0 aliphatic rings. The van der Waals surface area contributed by atoms with Crippen molar-refractivity contribution in [2.45, 2.75) is 26.0 Å². The lowest BCUT2D eigenvalue weighted by Crippen LogP contribution is -2.32. The molecule has 1 amide bonds. The minimum absolute atomic E-state index is 0.142. The van der Waals surface area contributed by atoms with Gasteiger partial charge < -0.3 is 35.3 Å². The number of unbranched alkanes of at least 4 members (excludes halogenated alkanes) is 1. The Hall–Kier alpha value is -1.71. The summed E-state index contributed by atoms with van der Waals surface area (Å²) in [7, 11) is 1.83. The summed E-state index contributed by atoms with van der Waals surface area (Å²) in [6.07, 6.45) is 1.63. The van der Waals surface area contributed by atoms with Gasteiger partial charge in [0.05, 0.1) is 26.4 Å². The van der Waals surface area contributed by atoms with Crippen molar-refractivity contribution in [3.8, 4) is 5.75 Å². The third kappa shape index (κ3) is 11.9. The molecule has 0 aliphatic carbocycles. The highest BCUT2D eigenvalue weighted by Gasteiger charge is 2.08. The summed E-state index contributed by atoms with van der Waals surface area (Å²) in [6, 6.07) is 6.97. The summed E-state index contributed by atoms with van der Waals surface area (Å²) < 4.78 is 21.9. The summed E-state index contributed by atoms with van der Waals surface area (Å²) >= 11 is 0. The van der Waals surface area contributed by atoms with Crippen molar-refractivity contribution in [3.63, 3.8) is 0 Å². The minimum atomic E-state index is -0.572. The van der Waals surface area contributed by atoms with Gasteiger partial charge in [0.15, 0.2) is 0 Å². The monoisotopic (exact) mass is 397 g/mol. The van der Waals surface area contributed by atoms with E-state index in [1.807, 2.05) is 7.05 Å². The fourth-order valence-electron chi connectivity index (χ4n) is 2.18. The average molecular weight is 398 g/mol. The molecule has 28 heavy (non-hydrogen) atoms. The summed E-state index contributed by atoms with van der Waals surface area (Å²) in [4.78, 5) is 12.0.